The zero-order valence-corrected chi connectivity index (χ0v) is 18.2. The van der Waals surface area contributed by atoms with E-state index in [0.29, 0.717) is 11.3 Å². The van der Waals surface area contributed by atoms with Crippen molar-refractivity contribution in [2.45, 2.75) is 31.0 Å². The molecule has 0 aromatic carbocycles. The standard InChI is InChI=1S/C16H18N2O6S2.Na/c17-8(15(21)22)6-26-11-5-9-12(10(19)4-7-2-1-3-25-7)14(20)18(9)13(11)16(23)24;/h1-3,8-10,12,19H,4-6,17H2,(H,21,22)(H,23,24);/q;+1/p-1/t8-,9+,10?,12-;/m0./s1. The van der Waals surface area contributed by atoms with E-state index in [1.54, 1.807) is 0 Å². The van der Waals surface area contributed by atoms with Gasteiger partial charge >= 0.3 is 35.5 Å². The largest absolute Gasteiger partial charge is 1.00 e. The minimum Gasteiger partial charge on any atom is -0.543 e. The Morgan fingerprint density at radius 2 is 2.19 bits per heavy atom. The number of β-lactam (4-membered cyclic amide) rings is 1. The van der Waals surface area contributed by atoms with Crippen molar-refractivity contribution < 1.29 is 59.3 Å². The molecule has 1 aromatic rings. The van der Waals surface area contributed by atoms with Crippen LogP contribution < -0.4 is 40.4 Å². The molecule has 1 amide bonds. The number of aliphatic hydroxyl groups excluding tert-OH is 1. The van der Waals surface area contributed by atoms with Crippen LogP contribution in [0.5, 0.6) is 0 Å². The number of rotatable bonds is 8. The first kappa shape index (κ1) is 22.4. The summed E-state index contributed by atoms with van der Waals surface area (Å²) in [7, 11) is 0. The van der Waals surface area contributed by atoms with Crippen molar-refractivity contribution in [2.24, 2.45) is 11.7 Å². The molecule has 0 aliphatic carbocycles. The Labute approximate surface area is 185 Å². The van der Waals surface area contributed by atoms with Gasteiger partial charge < -0.3 is 30.7 Å². The smallest absolute Gasteiger partial charge is 0.543 e. The minimum atomic E-state index is -1.49. The molecule has 4 atom stereocenters. The fourth-order valence-electron chi connectivity index (χ4n) is 3.27. The van der Waals surface area contributed by atoms with Gasteiger partial charge in [0.2, 0.25) is 5.91 Å². The summed E-state index contributed by atoms with van der Waals surface area (Å²) in [4.78, 5) is 37.2. The number of thiophene rings is 1. The van der Waals surface area contributed by atoms with Crippen LogP contribution in [0.2, 0.25) is 0 Å². The maximum Gasteiger partial charge on any atom is 1.00 e. The molecule has 2 aliphatic rings. The Morgan fingerprint density at radius 3 is 2.74 bits per heavy atom. The monoisotopic (exact) mass is 420 g/mol. The van der Waals surface area contributed by atoms with Gasteiger partial charge in [-0.2, -0.15) is 0 Å². The fourth-order valence-corrected chi connectivity index (χ4v) is 5.15. The molecule has 11 heteroatoms. The molecule has 3 rings (SSSR count). The zero-order chi connectivity index (χ0) is 19.0. The predicted molar refractivity (Wildman–Crippen MR) is 92.9 cm³/mol. The molecular weight excluding hydrogens is 403 g/mol. The van der Waals surface area contributed by atoms with E-state index in [4.69, 9.17) is 10.8 Å². The molecule has 1 fully saturated rings. The van der Waals surface area contributed by atoms with Crippen LogP contribution in [0.1, 0.15) is 11.3 Å². The van der Waals surface area contributed by atoms with Crippen molar-refractivity contribution >= 4 is 40.9 Å². The summed E-state index contributed by atoms with van der Waals surface area (Å²) in [5.74, 6) is -3.82. The molecule has 0 radical (unpaired) electrons. The summed E-state index contributed by atoms with van der Waals surface area (Å²) in [5.41, 5.74) is 5.22. The molecule has 27 heavy (non-hydrogen) atoms. The second kappa shape index (κ2) is 9.08. The Kier molecular flexibility index (Phi) is 7.54. The summed E-state index contributed by atoms with van der Waals surface area (Å²) >= 11 is 2.48. The first-order chi connectivity index (χ1) is 12.3. The molecule has 8 nitrogen and oxygen atoms in total. The number of fused-ring (bicyclic) bond motifs is 1. The molecule has 1 saturated heterocycles. The normalized spacial score (nSPS) is 23.3. The number of amides is 1. The summed E-state index contributed by atoms with van der Waals surface area (Å²) < 4.78 is 0. The van der Waals surface area contributed by atoms with Gasteiger partial charge in [-0.3, -0.25) is 9.59 Å². The van der Waals surface area contributed by atoms with E-state index in [-0.39, 0.29) is 47.4 Å². The number of aliphatic carboxylic acids is 2. The summed E-state index contributed by atoms with van der Waals surface area (Å²) in [6.07, 6.45) is -0.333. The van der Waals surface area contributed by atoms with E-state index in [1.165, 1.54) is 11.3 Å². The average Bonchev–Trinajstić information content (AvgIpc) is 3.18. The number of carbonyl (C=O) groups is 3. The third kappa shape index (κ3) is 4.42. The average molecular weight is 420 g/mol. The van der Waals surface area contributed by atoms with Crippen molar-refractivity contribution in [1.82, 2.24) is 4.90 Å². The van der Waals surface area contributed by atoms with Crippen molar-refractivity contribution in [2.75, 3.05) is 5.75 Å². The van der Waals surface area contributed by atoms with E-state index in [2.05, 4.69) is 0 Å². The third-order valence-electron chi connectivity index (χ3n) is 4.52. The molecule has 2 aliphatic heterocycles. The number of carbonyl (C=O) groups excluding carboxylic acids is 2. The van der Waals surface area contributed by atoms with Crippen LogP contribution in [0, 0.1) is 5.92 Å². The van der Waals surface area contributed by atoms with E-state index in [9.17, 15) is 24.6 Å². The van der Waals surface area contributed by atoms with Gasteiger partial charge in [-0.05, 0) is 11.4 Å². The summed E-state index contributed by atoms with van der Waals surface area (Å²) in [5, 5.41) is 32.6. The van der Waals surface area contributed by atoms with Crippen molar-refractivity contribution in [1.29, 1.82) is 0 Å². The van der Waals surface area contributed by atoms with Crippen LogP contribution in [0.25, 0.3) is 0 Å². The first-order valence-corrected chi connectivity index (χ1v) is 9.77. The maximum atomic E-state index is 12.4. The number of hydrogen-bond donors (Lipinski definition) is 3. The molecule has 1 unspecified atom stereocenters. The van der Waals surface area contributed by atoms with Gasteiger partial charge in [0.15, 0.2) is 0 Å². The number of thioether (sulfide) groups is 1. The van der Waals surface area contributed by atoms with Crippen molar-refractivity contribution in [3.8, 4) is 0 Å². The Bertz CT molecular complexity index is 769. The number of aliphatic hydroxyl groups is 1. The second-order valence-corrected chi connectivity index (χ2v) is 8.32. The van der Waals surface area contributed by atoms with Crippen LogP contribution in [-0.4, -0.2) is 56.9 Å². The molecule has 4 N–H and O–H groups in total. The topological polar surface area (TPSA) is 144 Å². The molecule has 0 bridgehead atoms. The fraction of sp³-hybridized carbons (Fsp3) is 0.438. The number of hydrogen-bond acceptors (Lipinski definition) is 8. The van der Waals surface area contributed by atoms with Gasteiger partial charge in [0, 0.05) is 28.4 Å². The van der Waals surface area contributed by atoms with Crippen molar-refractivity contribution in [3.05, 3.63) is 33.0 Å². The van der Waals surface area contributed by atoms with Crippen LogP contribution in [0.4, 0.5) is 0 Å². The molecule has 140 valence electrons. The molecule has 1 aromatic heterocycles. The van der Waals surface area contributed by atoms with E-state index >= 15 is 0 Å². The van der Waals surface area contributed by atoms with E-state index < -0.39 is 42.0 Å². The van der Waals surface area contributed by atoms with Gasteiger partial charge in [0.25, 0.3) is 0 Å². The van der Waals surface area contributed by atoms with E-state index in [1.807, 2.05) is 17.5 Å². The van der Waals surface area contributed by atoms with Crippen LogP contribution in [-0.2, 0) is 20.8 Å². The van der Waals surface area contributed by atoms with Gasteiger partial charge in [-0.25, -0.2) is 0 Å². The Balaban J connectivity index is 0.00000261. The van der Waals surface area contributed by atoms with Gasteiger partial charge in [0.1, 0.15) is 6.04 Å². The first-order valence-electron chi connectivity index (χ1n) is 7.90. The third-order valence-corrected chi connectivity index (χ3v) is 6.65. The molecule has 0 spiro atoms. The molecule has 3 heterocycles. The van der Waals surface area contributed by atoms with Crippen LogP contribution in [0.15, 0.2) is 28.1 Å². The number of carboxylic acids is 2. The molecule has 0 saturated carbocycles. The SMILES string of the molecule is N[C@@H](CSC1=C(C(=O)[O-])N2C(=O)[C@H](C(O)Cc3cccs3)[C@H]2C1)C(=O)O.[Na+]. The van der Waals surface area contributed by atoms with Crippen molar-refractivity contribution in [3.63, 3.8) is 0 Å². The van der Waals surface area contributed by atoms with Crippen LogP contribution in [0.3, 0.4) is 0 Å². The Morgan fingerprint density at radius 1 is 1.48 bits per heavy atom. The maximum absolute atomic E-state index is 12.4. The van der Waals surface area contributed by atoms with Gasteiger partial charge in [0.05, 0.1) is 29.7 Å². The number of nitrogens with two attached hydrogens (primary N) is 1. The molecular formula is C16H17N2NaO6S2. The summed E-state index contributed by atoms with van der Waals surface area (Å²) in [6.45, 7) is 0. The van der Waals surface area contributed by atoms with Crippen LogP contribution >= 0.6 is 23.1 Å². The number of nitrogens with zero attached hydrogens (tertiary/aromatic N) is 1. The predicted octanol–water partition coefficient (Wildman–Crippen LogP) is -4.01. The van der Waals surface area contributed by atoms with Gasteiger partial charge in [-0.15, -0.1) is 23.1 Å². The second-order valence-electron chi connectivity index (χ2n) is 6.17. The van der Waals surface area contributed by atoms with E-state index in [0.717, 1.165) is 21.5 Å². The minimum absolute atomic E-state index is 0. The quantitative estimate of drug-likeness (QED) is 0.285. The summed E-state index contributed by atoms with van der Waals surface area (Å²) in [6, 6.07) is 2.13. The number of carboxylic acid groups (broad SMARTS) is 2. The Hall–Kier alpha value is -0.880. The zero-order valence-electron chi connectivity index (χ0n) is 14.5. The van der Waals surface area contributed by atoms with Gasteiger partial charge in [-0.1, -0.05) is 6.07 Å².